The molecule has 0 atom stereocenters. The van der Waals surface area contributed by atoms with E-state index in [4.69, 9.17) is 9.53 Å². The number of nitrogens with zero attached hydrogens (tertiary/aromatic N) is 2. The Morgan fingerprint density at radius 3 is 2.27 bits per heavy atom. The topological polar surface area (TPSA) is 151 Å². The zero-order chi connectivity index (χ0) is 19.5. The quantitative estimate of drug-likeness (QED) is 0.322. The summed E-state index contributed by atoms with van der Waals surface area (Å²) in [4.78, 5) is 29.3. The number of nitro groups is 2. The minimum absolute atomic E-state index is 0.250. The number of primary amides is 1. The molecule has 0 fully saturated rings. The SMILES string of the molecule is COCc1ccc(NSc2ccc([N+](=O)[O-])cc2[N+](=O)[O-])cc1.NC=O. The van der Waals surface area contributed by atoms with Crippen LogP contribution >= 0.6 is 11.9 Å². The first-order valence-electron chi connectivity index (χ1n) is 7.01. The average molecular weight is 380 g/mol. The second-order valence-electron chi connectivity index (χ2n) is 4.64. The summed E-state index contributed by atoms with van der Waals surface area (Å²) in [6.07, 6.45) is 0.250. The molecule has 138 valence electrons. The molecule has 0 saturated carbocycles. The fourth-order valence-electron chi connectivity index (χ4n) is 1.80. The zero-order valence-electron chi connectivity index (χ0n) is 13.7. The van der Waals surface area contributed by atoms with E-state index in [1.165, 1.54) is 12.1 Å². The summed E-state index contributed by atoms with van der Waals surface area (Å²) in [6.45, 7) is 0.501. The monoisotopic (exact) mass is 380 g/mol. The number of non-ortho nitro benzene ring substituents is 1. The third-order valence-electron chi connectivity index (χ3n) is 2.89. The first-order chi connectivity index (χ1) is 12.4. The van der Waals surface area contributed by atoms with Gasteiger partial charge < -0.3 is 15.2 Å². The van der Waals surface area contributed by atoms with Crippen LogP contribution in [0.4, 0.5) is 17.1 Å². The van der Waals surface area contributed by atoms with E-state index in [1.807, 2.05) is 24.3 Å². The fourth-order valence-corrected chi connectivity index (χ4v) is 2.54. The zero-order valence-corrected chi connectivity index (χ0v) is 14.5. The summed E-state index contributed by atoms with van der Waals surface area (Å²) in [6, 6.07) is 10.9. The molecule has 26 heavy (non-hydrogen) atoms. The van der Waals surface area contributed by atoms with Crippen LogP contribution in [0, 0.1) is 20.2 Å². The molecule has 0 radical (unpaired) electrons. The fraction of sp³-hybridized carbons (Fsp3) is 0.133. The van der Waals surface area contributed by atoms with Crippen molar-refractivity contribution < 1.29 is 19.4 Å². The van der Waals surface area contributed by atoms with Gasteiger partial charge in [0.25, 0.3) is 11.4 Å². The summed E-state index contributed by atoms with van der Waals surface area (Å²) in [5, 5.41) is 21.8. The Kier molecular flexibility index (Phi) is 8.54. The van der Waals surface area contributed by atoms with Crippen molar-refractivity contribution in [2.45, 2.75) is 11.5 Å². The van der Waals surface area contributed by atoms with Gasteiger partial charge in [-0.1, -0.05) is 12.1 Å². The van der Waals surface area contributed by atoms with E-state index in [-0.39, 0.29) is 17.8 Å². The highest BCUT2D eigenvalue weighted by molar-refractivity contribution is 8.00. The Labute approximate surface area is 152 Å². The molecule has 0 aliphatic heterocycles. The number of rotatable bonds is 7. The highest BCUT2D eigenvalue weighted by Crippen LogP contribution is 2.33. The Morgan fingerprint density at radius 2 is 1.77 bits per heavy atom. The van der Waals surface area contributed by atoms with Crippen LogP contribution in [-0.4, -0.2) is 23.4 Å². The Morgan fingerprint density at radius 1 is 1.15 bits per heavy atom. The van der Waals surface area contributed by atoms with Crippen LogP contribution in [0.2, 0.25) is 0 Å². The highest BCUT2D eigenvalue weighted by Gasteiger charge is 2.19. The van der Waals surface area contributed by atoms with Crippen molar-refractivity contribution in [1.29, 1.82) is 0 Å². The van der Waals surface area contributed by atoms with Crippen LogP contribution in [0.1, 0.15) is 5.56 Å². The molecule has 2 aromatic rings. The molecule has 0 spiro atoms. The van der Waals surface area contributed by atoms with E-state index >= 15 is 0 Å². The number of benzene rings is 2. The summed E-state index contributed by atoms with van der Waals surface area (Å²) >= 11 is 1.02. The number of carbonyl (C=O) groups excluding carboxylic acids is 1. The third kappa shape index (κ3) is 6.37. The van der Waals surface area contributed by atoms with E-state index in [1.54, 1.807) is 7.11 Å². The predicted molar refractivity (Wildman–Crippen MR) is 96.6 cm³/mol. The van der Waals surface area contributed by atoms with Gasteiger partial charge in [-0.05, 0) is 35.7 Å². The third-order valence-corrected chi connectivity index (χ3v) is 3.80. The van der Waals surface area contributed by atoms with E-state index in [9.17, 15) is 20.2 Å². The molecule has 0 aromatic heterocycles. The van der Waals surface area contributed by atoms with Crippen molar-refractivity contribution >= 4 is 35.4 Å². The molecule has 0 aliphatic rings. The number of anilines is 1. The van der Waals surface area contributed by atoms with Crippen molar-refractivity contribution in [1.82, 2.24) is 0 Å². The number of amides is 1. The number of hydrogen-bond donors (Lipinski definition) is 2. The van der Waals surface area contributed by atoms with E-state index in [0.717, 1.165) is 29.3 Å². The van der Waals surface area contributed by atoms with Gasteiger partial charge in [0.15, 0.2) is 0 Å². The molecule has 2 rings (SSSR count). The normalized spacial score (nSPS) is 9.58. The Bertz CT molecular complexity index is 769. The summed E-state index contributed by atoms with van der Waals surface area (Å²) in [7, 11) is 1.61. The second-order valence-corrected chi connectivity index (χ2v) is 5.48. The minimum atomic E-state index is -0.663. The molecule has 0 unspecified atom stereocenters. The number of hydrogen-bond acceptors (Lipinski definition) is 8. The van der Waals surface area contributed by atoms with Crippen LogP contribution in [0.15, 0.2) is 47.4 Å². The van der Waals surface area contributed by atoms with Gasteiger partial charge >= 0.3 is 0 Å². The van der Waals surface area contributed by atoms with Gasteiger partial charge in [-0.3, -0.25) is 25.0 Å². The van der Waals surface area contributed by atoms with Gasteiger partial charge in [0, 0.05) is 18.9 Å². The number of nitrogens with one attached hydrogen (secondary N) is 1. The van der Waals surface area contributed by atoms with Crippen LogP contribution < -0.4 is 10.5 Å². The molecule has 0 saturated heterocycles. The van der Waals surface area contributed by atoms with Crippen molar-refractivity contribution in [2.24, 2.45) is 5.73 Å². The second kappa shape index (κ2) is 10.6. The van der Waals surface area contributed by atoms with Crippen LogP contribution in [-0.2, 0) is 16.1 Å². The maximum absolute atomic E-state index is 11.1. The molecule has 2 aromatic carbocycles. The number of carbonyl (C=O) groups is 1. The Balaban J connectivity index is 0.00000105. The highest BCUT2D eigenvalue weighted by atomic mass is 32.2. The van der Waals surface area contributed by atoms with Crippen LogP contribution in [0.25, 0.3) is 0 Å². The predicted octanol–water partition coefficient (Wildman–Crippen LogP) is 2.87. The summed E-state index contributed by atoms with van der Waals surface area (Å²) < 4.78 is 7.99. The molecule has 0 bridgehead atoms. The van der Waals surface area contributed by atoms with Crippen molar-refractivity contribution in [2.75, 3.05) is 11.8 Å². The molecule has 10 nitrogen and oxygen atoms in total. The Hall–Kier alpha value is -3.18. The average Bonchev–Trinajstić information content (AvgIpc) is 2.61. The van der Waals surface area contributed by atoms with Gasteiger partial charge in [0.05, 0.1) is 22.5 Å². The molecule has 0 heterocycles. The lowest BCUT2D eigenvalue weighted by atomic mass is 10.2. The number of ether oxygens (including phenoxy) is 1. The number of methoxy groups -OCH3 is 1. The summed E-state index contributed by atoms with van der Waals surface area (Å²) in [5.41, 5.74) is 5.30. The molecule has 0 aliphatic carbocycles. The molecular weight excluding hydrogens is 364 g/mol. The first-order valence-corrected chi connectivity index (χ1v) is 7.83. The van der Waals surface area contributed by atoms with E-state index < -0.39 is 9.85 Å². The van der Waals surface area contributed by atoms with Crippen molar-refractivity contribution in [3.8, 4) is 0 Å². The molecule has 1 amide bonds. The number of nitro benzene ring substituents is 2. The molecule has 3 N–H and O–H groups in total. The van der Waals surface area contributed by atoms with E-state index in [0.29, 0.717) is 11.5 Å². The molecule has 11 heteroatoms. The van der Waals surface area contributed by atoms with Crippen molar-refractivity contribution in [3.63, 3.8) is 0 Å². The lowest BCUT2D eigenvalue weighted by Gasteiger charge is -2.07. The molecular formula is C15H16N4O6S. The maximum atomic E-state index is 11.1. The standard InChI is InChI=1S/C14H13N3O5S.CH3NO/c1-22-9-10-2-4-11(5-3-10)15-23-14-7-6-12(16(18)19)8-13(14)17(20)21;2-1-3/h2-8,15H,9H2,1H3;1H,(H2,2,3). The van der Waals surface area contributed by atoms with Gasteiger partial charge in [0.1, 0.15) is 4.90 Å². The first kappa shape index (κ1) is 20.9. The lowest BCUT2D eigenvalue weighted by molar-refractivity contribution is -0.396. The largest absolute Gasteiger partial charge is 0.380 e. The minimum Gasteiger partial charge on any atom is -0.380 e. The van der Waals surface area contributed by atoms with Gasteiger partial charge in [-0.15, -0.1) is 0 Å². The van der Waals surface area contributed by atoms with Gasteiger partial charge in [0.2, 0.25) is 6.41 Å². The number of nitrogens with two attached hydrogens (primary N) is 1. The summed E-state index contributed by atoms with van der Waals surface area (Å²) in [5.74, 6) is 0. The lowest BCUT2D eigenvalue weighted by Crippen LogP contribution is -1.96. The van der Waals surface area contributed by atoms with Crippen LogP contribution in [0.3, 0.4) is 0 Å². The van der Waals surface area contributed by atoms with E-state index in [2.05, 4.69) is 10.5 Å². The smallest absolute Gasteiger partial charge is 0.291 e. The van der Waals surface area contributed by atoms with Gasteiger partial charge in [-0.25, -0.2) is 0 Å². The van der Waals surface area contributed by atoms with Crippen LogP contribution in [0.5, 0.6) is 0 Å². The maximum Gasteiger partial charge on any atom is 0.291 e. The van der Waals surface area contributed by atoms with Gasteiger partial charge in [-0.2, -0.15) is 0 Å². The van der Waals surface area contributed by atoms with Crippen molar-refractivity contribution in [3.05, 3.63) is 68.3 Å².